The highest BCUT2D eigenvalue weighted by Gasteiger charge is 2.48. The van der Waals surface area contributed by atoms with Gasteiger partial charge in [-0.3, -0.25) is 0 Å². The Hall–Kier alpha value is -1.32. The van der Waals surface area contributed by atoms with Gasteiger partial charge in [-0.25, -0.2) is 9.59 Å². The molecule has 2 heterocycles. The molecule has 2 aliphatic heterocycles. The maximum atomic E-state index is 10.1. The van der Waals surface area contributed by atoms with Gasteiger partial charge in [-0.15, -0.1) is 0 Å². The van der Waals surface area contributed by atoms with Crippen LogP contribution in [0.5, 0.6) is 0 Å². The number of nitrogens with zero attached hydrogens (tertiary/aromatic N) is 2. The molecule has 2 aliphatic rings. The van der Waals surface area contributed by atoms with Crippen LogP contribution in [0.15, 0.2) is 9.98 Å². The quantitative estimate of drug-likeness (QED) is 0.427. The van der Waals surface area contributed by atoms with Crippen molar-refractivity contribution in [2.45, 2.75) is 24.3 Å². The molecule has 0 aliphatic carbocycles. The molecule has 2 fully saturated rings. The van der Waals surface area contributed by atoms with Crippen molar-refractivity contribution < 1.29 is 19.1 Å². The summed E-state index contributed by atoms with van der Waals surface area (Å²) in [6.45, 7) is 0.630. The van der Waals surface area contributed by atoms with Crippen LogP contribution in [0.1, 0.15) is 0 Å². The van der Waals surface area contributed by atoms with Gasteiger partial charge in [0.2, 0.25) is 12.2 Å². The fraction of sp³-hybridized carbons (Fsp3) is 0.750. The SMILES string of the molecule is O=C=NC1COC2C(N=C=O)COC12. The summed E-state index contributed by atoms with van der Waals surface area (Å²) in [5, 5.41) is 0. The van der Waals surface area contributed by atoms with Gasteiger partial charge in [0, 0.05) is 0 Å². The molecular formula is C8H8N2O4. The zero-order valence-electron chi connectivity index (χ0n) is 7.25. The minimum absolute atomic E-state index is 0.279. The van der Waals surface area contributed by atoms with Crippen LogP contribution in [-0.2, 0) is 19.1 Å². The first-order valence-corrected chi connectivity index (χ1v) is 4.24. The van der Waals surface area contributed by atoms with Crippen molar-refractivity contribution in [3.05, 3.63) is 0 Å². The van der Waals surface area contributed by atoms with Crippen LogP contribution in [0.2, 0.25) is 0 Å². The third-order valence-electron chi connectivity index (χ3n) is 2.44. The number of hydrogen-bond acceptors (Lipinski definition) is 6. The van der Waals surface area contributed by atoms with Gasteiger partial charge in [0.05, 0.1) is 13.2 Å². The van der Waals surface area contributed by atoms with Crippen LogP contribution in [0, 0.1) is 0 Å². The summed E-state index contributed by atoms with van der Waals surface area (Å²) < 4.78 is 10.7. The molecule has 0 saturated carbocycles. The summed E-state index contributed by atoms with van der Waals surface area (Å²) in [5.41, 5.74) is 0. The number of aliphatic imine (C=N–C) groups is 2. The predicted octanol–water partition coefficient (Wildman–Crippen LogP) is -0.807. The van der Waals surface area contributed by atoms with E-state index in [1.165, 1.54) is 12.2 Å². The summed E-state index contributed by atoms with van der Waals surface area (Å²) in [6, 6.07) is -0.631. The summed E-state index contributed by atoms with van der Waals surface area (Å²) in [5.74, 6) is 0. The number of hydrogen-bond donors (Lipinski definition) is 0. The van der Waals surface area contributed by atoms with E-state index in [-0.39, 0.29) is 24.3 Å². The molecule has 74 valence electrons. The van der Waals surface area contributed by atoms with Crippen LogP contribution >= 0.6 is 0 Å². The Morgan fingerprint density at radius 1 is 0.929 bits per heavy atom. The number of fused-ring (bicyclic) bond motifs is 1. The summed E-state index contributed by atoms with van der Waals surface area (Å²) in [6.07, 6.45) is 2.39. The first kappa shape index (κ1) is 9.24. The highest BCUT2D eigenvalue weighted by molar-refractivity contribution is 5.35. The molecule has 0 aromatic carbocycles. The number of rotatable bonds is 2. The van der Waals surface area contributed by atoms with E-state index in [0.717, 1.165) is 0 Å². The van der Waals surface area contributed by atoms with Crippen molar-refractivity contribution >= 4 is 12.2 Å². The monoisotopic (exact) mass is 196 g/mol. The van der Waals surface area contributed by atoms with E-state index in [9.17, 15) is 9.59 Å². The number of isocyanates is 2. The van der Waals surface area contributed by atoms with E-state index in [0.29, 0.717) is 13.2 Å². The lowest BCUT2D eigenvalue weighted by Crippen LogP contribution is -2.29. The number of carbonyl (C=O) groups excluding carboxylic acids is 2. The summed E-state index contributed by atoms with van der Waals surface area (Å²) >= 11 is 0. The largest absolute Gasteiger partial charge is 0.371 e. The van der Waals surface area contributed by atoms with Crippen LogP contribution < -0.4 is 0 Å². The minimum atomic E-state index is -0.315. The molecule has 2 saturated heterocycles. The average molecular weight is 196 g/mol. The van der Waals surface area contributed by atoms with E-state index in [1.54, 1.807) is 0 Å². The highest BCUT2D eigenvalue weighted by Crippen LogP contribution is 2.29. The Balaban J connectivity index is 2.11. The predicted molar refractivity (Wildman–Crippen MR) is 43.3 cm³/mol. The zero-order chi connectivity index (χ0) is 9.97. The van der Waals surface area contributed by atoms with Crippen molar-refractivity contribution in [3.63, 3.8) is 0 Å². The molecule has 0 aromatic heterocycles. The van der Waals surface area contributed by atoms with Gasteiger partial charge in [0.15, 0.2) is 0 Å². The fourth-order valence-corrected chi connectivity index (χ4v) is 1.82. The first-order chi connectivity index (χ1) is 6.86. The van der Waals surface area contributed by atoms with Gasteiger partial charge in [-0.1, -0.05) is 0 Å². The topological polar surface area (TPSA) is 77.3 Å². The normalized spacial score (nSPS) is 39.7. The van der Waals surface area contributed by atoms with E-state index in [1.807, 2.05) is 0 Å². The molecule has 2 rings (SSSR count). The average Bonchev–Trinajstić information content (AvgIpc) is 2.72. The fourth-order valence-electron chi connectivity index (χ4n) is 1.82. The maximum Gasteiger partial charge on any atom is 0.235 e. The van der Waals surface area contributed by atoms with Crippen molar-refractivity contribution in [1.82, 2.24) is 0 Å². The molecule has 6 nitrogen and oxygen atoms in total. The molecule has 0 spiro atoms. The second kappa shape index (κ2) is 3.82. The Kier molecular flexibility index (Phi) is 2.52. The van der Waals surface area contributed by atoms with Gasteiger partial charge in [0.1, 0.15) is 24.3 Å². The smallest absolute Gasteiger partial charge is 0.235 e. The van der Waals surface area contributed by atoms with Crippen LogP contribution in [-0.4, -0.2) is 49.7 Å². The highest BCUT2D eigenvalue weighted by atomic mass is 16.6. The lowest BCUT2D eigenvalue weighted by atomic mass is 10.1. The Morgan fingerprint density at radius 2 is 1.36 bits per heavy atom. The summed E-state index contributed by atoms with van der Waals surface area (Å²) in [4.78, 5) is 27.3. The molecule has 0 bridgehead atoms. The summed E-state index contributed by atoms with van der Waals surface area (Å²) in [7, 11) is 0. The molecule has 14 heavy (non-hydrogen) atoms. The van der Waals surface area contributed by atoms with E-state index < -0.39 is 0 Å². The minimum Gasteiger partial charge on any atom is -0.371 e. The van der Waals surface area contributed by atoms with Crippen LogP contribution in [0.3, 0.4) is 0 Å². The molecule has 0 N–H and O–H groups in total. The first-order valence-electron chi connectivity index (χ1n) is 4.24. The third kappa shape index (κ3) is 1.41. The standard InChI is InChI=1S/C8H8N2O4/c11-3-9-5-1-13-8-6(10-4-12)2-14-7(5)8/h5-8H,1-2H2. The van der Waals surface area contributed by atoms with E-state index >= 15 is 0 Å². The van der Waals surface area contributed by atoms with Gasteiger partial charge < -0.3 is 9.47 Å². The third-order valence-corrected chi connectivity index (χ3v) is 2.44. The Bertz CT molecular complexity index is 287. The molecule has 0 aromatic rings. The van der Waals surface area contributed by atoms with Gasteiger partial charge >= 0.3 is 0 Å². The van der Waals surface area contributed by atoms with Crippen molar-refractivity contribution in [2.75, 3.05) is 13.2 Å². The van der Waals surface area contributed by atoms with Crippen LogP contribution in [0.25, 0.3) is 0 Å². The van der Waals surface area contributed by atoms with Crippen molar-refractivity contribution in [1.29, 1.82) is 0 Å². The second-order valence-electron chi connectivity index (χ2n) is 3.17. The van der Waals surface area contributed by atoms with Crippen LogP contribution in [0.4, 0.5) is 0 Å². The van der Waals surface area contributed by atoms with Gasteiger partial charge in [-0.2, -0.15) is 9.98 Å². The molecule has 0 radical (unpaired) electrons. The molecule has 6 heteroatoms. The Morgan fingerprint density at radius 3 is 1.71 bits per heavy atom. The van der Waals surface area contributed by atoms with Crippen molar-refractivity contribution in [3.8, 4) is 0 Å². The van der Waals surface area contributed by atoms with E-state index in [2.05, 4.69) is 9.98 Å². The second-order valence-corrected chi connectivity index (χ2v) is 3.17. The zero-order valence-corrected chi connectivity index (χ0v) is 7.25. The van der Waals surface area contributed by atoms with E-state index in [4.69, 9.17) is 9.47 Å². The Labute approximate surface area is 79.6 Å². The molecule has 4 unspecified atom stereocenters. The van der Waals surface area contributed by atoms with Gasteiger partial charge in [0.25, 0.3) is 0 Å². The van der Waals surface area contributed by atoms with Crippen molar-refractivity contribution in [2.24, 2.45) is 9.98 Å². The van der Waals surface area contributed by atoms with Gasteiger partial charge in [-0.05, 0) is 0 Å². The molecular weight excluding hydrogens is 188 g/mol. The maximum absolute atomic E-state index is 10.1. The lowest BCUT2D eigenvalue weighted by Gasteiger charge is -2.09. The molecule has 0 amide bonds. The number of ether oxygens (including phenoxy) is 2. The molecule has 4 atom stereocenters. The lowest BCUT2D eigenvalue weighted by molar-refractivity contribution is 0.0693.